The molecule has 0 radical (unpaired) electrons. The van der Waals surface area contributed by atoms with Crippen LogP contribution in [0.15, 0.2) is 53.6 Å². The van der Waals surface area contributed by atoms with E-state index in [2.05, 4.69) is 41.7 Å². The third-order valence-corrected chi connectivity index (χ3v) is 7.69. The Morgan fingerprint density at radius 3 is 2.32 bits per heavy atom. The predicted octanol–water partition coefficient (Wildman–Crippen LogP) is 4.89. The largest absolute Gasteiger partial charge is 0.273 e. The molecule has 4 aliphatic carbocycles. The highest BCUT2D eigenvalue weighted by molar-refractivity contribution is 5.86. The summed E-state index contributed by atoms with van der Waals surface area (Å²) < 4.78 is 0. The van der Waals surface area contributed by atoms with Gasteiger partial charge in [0.15, 0.2) is 0 Å². The lowest BCUT2D eigenvalue weighted by Crippen LogP contribution is -2.58. The van der Waals surface area contributed by atoms with Crippen molar-refractivity contribution in [2.24, 2.45) is 22.4 Å². The molecule has 0 aromatic heterocycles. The fourth-order valence-electron chi connectivity index (χ4n) is 6.74. The molecular formula is C25H27N3O3. The molecule has 4 fully saturated rings. The number of nitro groups is 1. The fourth-order valence-corrected chi connectivity index (χ4v) is 6.74. The maximum atomic E-state index is 13.3. The zero-order valence-corrected chi connectivity index (χ0v) is 17.7. The number of carbonyl (C=O) groups excluding carboxylic acids is 1. The molecule has 1 N–H and O–H groups in total. The highest BCUT2D eigenvalue weighted by Gasteiger charge is 2.60. The fraction of sp³-hybridized carbons (Fsp3) is 0.440. The molecule has 1 amide bonds. The molecule has 6 rings (SSSR count). The van der Waals surface area contributed by atoms with Gasteiger partial charge in [0.1, 0.15) is 0 Å². The minimum atomic E-state index is -0.431. The summed E-state index contributed by atoms with van der Waals surface area (Å²) in [6.45, 7) is 2.11. The van der Waals surface area contributed by atoms with E-state index in [1.807, 2.05) is 0 Å². The number of nitro benzene ring substituents is 1. The first-order chi connectivity index (χ1) is 14.9. The maximum absolute atomic E-state index is 13.3. The van der Waals surface area contributed by atoms with Crippen molar-refractivity contribution in [2.75, 3.05) is 0 Å². The molecule has 31 heavy (non-hydrogen) atoms. The summed E-state index contributed by atoms with van der Waals surface area (Å²) in [5.74, 6) is 1.23. The molecule has 6 heteroatoms. The Labute approximate surface area is 181 Å². The van der Waals surface area contributed by atoms with Gasteiger partial charge in [-0.3, -0.25) is 14.9 Å². The number of carbonyl (C=O) groups is 1. The first-order valence-corrected chi connectivity index (χ1v) is 11.0. The average Bonchev–Trinajstić information content (AvgIpc) is 2.73. The van der Waals surface area contributed by atoms with Gasteiger partial charge < -0.3 is 0 Å². The van der Waals surface area contributed by atoms with Gasteiger partial charge in [0.2, 0.25) is 5.91 Å². The Bertz CT molecular complexity index is 1030. The van der Waals surface area contributed by atoms with Crippen molar-refractivity contribution in [3.05, 3.63) is 75.3 Å². The number of hydrazone groups is 1. The van der Waals surface area contributed by atoms with Crippen LogP contribution in [0.2, 0.25) is 0 Å². The van der Waals surface area contributed by atoms with E-state index in [0.717, 1.165) is 19.3 Å². The van der Waals surface area contributed by atoms with Gasteiger partial charge in [-0.05, 0) is 86.0 Å². The number of benzene rings is 2. The standard InChI is InChI=1S/C25H27N3O3/c1-17-2-6-21(7-3-17)24-11-19-10-20(12-24)14-25(13-19,16-24)23(29)27-26-15-18-4-8-22(9-5-18)28(30)31/h2-9,15,19-20H,10-14,16H2,1H3,(H,27,29)/b26-15-/t19-,20-,24?,25?/m1/s1. The Balaban J connectivity index is 1.34. The molecule has 4 bridgehead atoms. The third-order valence-electron chi connectivity index (χ3n) is 7.69. The van der Waals surface area contributed by atoms with Gasteiger partial charge in [0.05, 0.1) is 16.6 Å². The van der Waals surface area contributed by atoms with Gasteiger partial charge in [-0.15, -0.1) is 0 Å². The summed E-state index contributed by atoms with van der Waals surface area (Å²) in [4.78, 5) is 23.7. The van der Waals surface area contributed by atoms with Crippen molar-refractivity contribution in [3.63, 3.8) is 0 Å². The number of hydrogen-bond acceptors (Lipinski definition) is 4. The minimum Gasteiger partial charge on any atom is -0.273 e. The molecule has 2 aromatic rings. The molecule has 160 valence electrons. The predicted molar refractivity (Wildman–Crippen MR) is 119 cm³/mol. The van der Waals surface area contributed by atoms with Crippen LogP contribution in [-0.2, 0) is 10.2 Å². The molecule has 6 nitrogen and oxygen atoms in total. The van der Waals surface area contributed by atoms with Crippen LogP contribution in [0.1, 0.15) is 55.2 Å². The number of nitrogens with zero attached hydrogens (tertiary/aromatic N) is 2. The summed E-state index contributed by atoms with van der Waals surface area (Å²) in [7, 11) is 0. The Morgan fingerprint density at radius 2 is 1.71 bits per heavy atom. The van der Waals surface area contributed by atoms with Crippen molar-refractivity contribution >= 4 is 17.8 Å². The van der Waals surface area contributed by atoms with Crippen molar-refractivity contribution in [3.8, 4) is 0 Å². The molecule has 0 aliphatic heterocycles. The van der Waals surface area contributed by atoms with Crippen molar-refractivity contribution < 1.29 is 9.72 Å². The molecule has 4 aliphatic rings. The molecule has 0 heterocycles. The maximum Gasteiger partial charge on any atom is 0.269 e. The molecule has 0 unspecified atom stereocenters. The van der Waals surface area contributed by atoms with E-state index in [9.17, 15) is 14.9 Å². The summed E-state index contributed by atoms with van der Waals surface area (Å²) in [5.41, 5.74) is 5.97. The molecule has 2 atom stereocenters. The lowest BCUT2D eigenvalue weighted by atomic mass is 9.42. The van der Waals surface area contributed by atoms with Gasteiger partial charge >= 0.3 is 0 Å². The monoisotopic (exact) mass is 417 g/mol. The van der Waals surface area contributed by atoms with E-state index in [1.54, 1.807) is 18.3 Å². The highest BCUT2D eigenvalue weighted by atomic mass is 16.6. The van der Waals surface area contributed by atoms with Crippen molar-refractivity contribution in [1.82, 2.24) is 5.43 Å². The summed E-state index contributed by atoms with van der Waals surface area (Å²) in [6.07, 6.45) is 7.98. The minimum absolute atomic E-state index is 0.0243. The SMILES string of the molecule is Cc1ccc(C23C[C@H]4C[C@@H](CC(C(=O)N/N=C\c5ccc([N+](=O)[O-])cc5)(C4)C2)C3)cc1. The number of amides is 1. The Kier molecular flexibility index (Phi) is 4.68. The molecule has 4 saturated carbocycles. The quantitative estimate of drug-likeness (QED) is 0.427. The third kappa shape index (κ3) is 3.54. The van der Waals surface area contributed by atoms with E-state index in [-0.39, 0.29) is 22.4 Å². The summed E-state index contributed by atoms with van der Waals surface area (Å²) >= 11 is 0. The van der Waals surface area contributed by atoms with Crippen LogP contribution in [0.25, 0.3) is 0 Å². The van der Waals surface area contributed by atoms with Crippen LogP contribution in [0, 0.1) is 34.3 Å². The Hall–Kier alpha value is -3.02. The normalized spacial score (nSPS) is 31.1. The molecular weight excluding hydrogens is 390 g/mol. The number of nitrogens with one attached hydrogen (secondary N) is 1. The zero-order chi connectivity index (χ0) is 21.6. The van der Waals surface area contributed by atoms with Gasteiger partial charge in [-0.1, -0.05) is 29.8 Å². The van der Waals surface area contributed by atoms with Crippen LogP contribution < -0.4 is 5.43 Å². The lowest BCUT2D eigenvalue weighted by molar-refractivity contribution is -0.384. The molecule has 0 saturated heterocycles. The summed E-state index contributed by atoms with van der Waals surface area (Å²) in [6, 6.07) is 15.0. The van der Waals surface area contributed by atoms with Gasteiger partial charge in [0.25, 0.3) is 5.69 Å². The van der Waals surface area contributed by atoms with E-state index in [1.165, 1.54) is 42.5 Å². The molecule has 0 spiro atoms. The van der Waals surface area contributed by atoms with Crippen molar-refractivity contribution in [2.45, 2.75) is 50.9 Å². The first kappa shape index (κ1) is 19.9. The number of aryl methyl sites for hydroxylation is 1. The number of hydrogen-bond donors (Lipinski definition) is 1. The second-order valence-electron chi connectivity index (χ2n) is 9.94. The lowest BCUT2D eigenvalue weighted by Gasteiger charge is -2.61. The van der Waals surface area contributed by atoms with Gasteiger partial charge in [-0.25, -0.2) is 5.43 Å². The van der Waals surface area contributed by atoms with E-state index in [0.29, 0.717) is 17.4 Å². The average molecular weight is 418 g/mol. The Morgan fingerprint density at radius 1 is 1.06 bits per heavy atom. The van der Waals surface area contributed by atoms with Crippen LogP contribution in [0.5, 0.6) is 0 Å². The van der Waals surface area contributed by atoms with Crippen LogP contribution >= 0.6 is 0 Å². The van der Waals surface area contributed by atoms with E-state index < -0.39 is 4.92 Å². The van der Waals surface area contributed by atoms with Crippen molar-refractivity contribution in [1.29, 1.82) is 0 Å². The van der Waals surface area contributed by atoms with Crippen LogP contribution in [0.3, 0.4) is 0 Å². The van der Waals surface area contributed by atoms with Crippen LogP contribution in [-0.4, -0.2) is 17.0 Å². The topological polar surface area (TPSA) is 84.6 Å². The first-order valence-electron chi connectivity index (χ1n) is 11.0. The number of non-ortho nitro benzene ring substituents is 1. The van der Waals surface area contributed by atoms with Crippen LogP contribution in [0.4, 0.5) is 5.69 Å². The van der Waals surface area contributed by atoms with E-state index >= 15 is 0 Å². The highest BCUT2D eigenvalue weighted by Crippen LogP contribution is 2.65. The van der Waals surface area contributed by atoms with Gasteiger partial charge in [-0.2, -0.15) is 5.10 Å². The van der Waals surface area contributed by atoms with E-state index in [4.69, 9.17) is 0 Å². The number of rotatable bonds is 5. The second kappa shape index (κ2) is 7.29. The summed E-state index contributed by atoms with van der Waals surface area (Å²) in [5, 5.41) is 15.0. The smallest absolute Gasteiger partial charge is 0.269 e. The van der Waals surface area contributed by atoms with Gasteiger partial charge in [0, 0.05) is 12.1 Å². The second-order valence-corrected chi connectivity index (χ2v) is 9.94. The molecule has 2 aromatic carbocycles. The zero-order valence-electron chi connectivity index (χ0n) is 17.7.